The molecule has 36 heavy (non-hydrogen) atoms. The molecule has 5 atom stereocenters. The van der Waals surface area contributed by atoms with Crippen LogP contribution in [0.25, 0.3) is 0 Å². The molecule has 1 aliphatic rings. The van der Waals surface area contributed by atoms with Crippen LogP contribution < -0.4 is 20.9 Å². The lowest BCUT2D eigenvalue weighted by Gasteiger charge is -2.25. The first kappa shape index (κ1) is 27.7. The minimum absolute atomic E-state index is 0.0775. The summed E-state index contributed by atoms with van der Waals surface area (Å²) in [6.45, 7) is 3.69. The van der Waals surface area contributed by atoms with Crippen LogP contribution in [0.15, 0.2) is 52.2 Å². The van der Waals surface area contributed by atoms with Gasteiger partial charge in [0.1, 0.15) is 17.9 Å². The molecule has 3 N–H and O–H groups in total. The third kappa shape index (κ3) is 6.45. The van der Waals surface area contributed by atoms with Crippen LogP contribution in [0, 0.1) is 0 Å². The number of halogens is 2. The Hall–Kier alpha value is -2.90. The standard InChI is InChI=1S/C21H26F2N3O9P/c1-12(2)33-18(29)13(3)25-36(31,35-14-7-5-4-6-8-14)32-11-15-17(28)21(22,23)19(34-15)26-10-9-16(27)24-20(26)30/h4-10,12-13,15,17,19,28H,11H2,1-3H3,(H,25,31)(H,24,27,30)/t13-,15?,17+,19+,36?/m0/s1. The Morgan fingerprint density at radius 3 is 2.53 bits per heavy atom. The second-order valence-electron chi connectivity index (χ2n) is 8.20. The normalized spacial score (nSPS) is 23.7. The molecule has 1 aliphatic heterocycles. The van der Waals surface area contributed by atoms with E-state index < -0.39 is 68.1 Å². The van der Waals surface area contributed by atoms with Crippen LogP contribution in [0.3, 0.4) is 0 Å². The Bertz CT molecular complexity index is 1220. The number of aliphatic hydroxyl groups is 1. The van der Waals surface area contributed by atoms with Gasteiger partial charge in [-0.25, -0.2) is 9.36 Å². The van der Waals surface area contributed by atoms with Crippen LogP contribution in [-0.4, -0.2) is 57.5 Å². The summed E-state index contributed by atoms with van der Waals surface area (Å²) in [6, 6.07) is 7.36. The number of esters is 1. The smallest absolute Gasteiger partial charge is 0.459 e. The fraction of sp³-hybridized carbons (Fsp3) is 0.476. The minimum atomic E-state index is -4.43. The van der Waals surface area contributed by atoms with Crippen molar-refractivity contribution in [3.05, 3.63) is 63.4 Å². The van der Waals surface area contributed by atoms with Crippen molar-refractivity contribution in [2.45, 2.75) is 57.3 Å². The van der Waals surface area contributed by atoms with Crippen molar-refractivity contribution in [2.24, 2.45) is 0 Å². The number of aromatic nitrogens is 2. The Balaban J connectivity index is 1.80. The zero-order valence-electron chi connectivity index (χ0n) is 19.5. The second kappa shape index (κ2) is 11.0. The monoisotopic (exact) mass is 533 g/mol. The number of hydrogen-bond donors (Lipinski definition) is 3. The minimum Gasteiger partial charge on any atom is -0.462 e. The zero-order valence-corrected chi connectivity index (χ0v) is 20.4. The predicted molar refractivity (Wildman–Crippen MR) is 121 cm³/mol. The highest BCUT2D eigenvalue weighted by molar-refractivity contribution is 7.52. The van der Waals surface area contributed by atoms with Gasteiger partial charge in [0.15, 0.2) is 6.10 Å². The molecule has 0 aliphatic carbocycles. The number of benzene rings is 1. The topological polar surface area (TPSA) is 158 Å². The molecule has 1 saturated heterocycles. The molecule has 2 unspecified atom stereocenters. The molecule has 0 spiro atoms. The maximum atomic E-state index is 14.8. The number of aliphatic hydroxyl groups excluding tert-OH is 1. The average Bonchev–Trinajstić information content (AvgIpc) is 3.01. The predicted octanol–water partition coefficient (Wildman–Crippen LogP) is 1.56. The maximum Gasteiger partial charge on any atom is 0.459 e. The van der Waals surface area contributed by atoms with Crippen molar-refractivity contribution < 1.29 is 41.8 Å². The average molecular weight is 533 g/mol. The summed E-state index contributed by atoms with van der Waals surface area (Å²) in [5.41, 5.74) is -1.99. The lowest BCUT2D eigenvalue weighted by atomic mass is 10.1. The first-order valence-corrected chi connectivity index (χ1v) is 12.4. The number of nitrogens with one attached hydrogen (secondary N) is 2. The number of carbonyl (C=O) groups is 1. The van der Waals surface area contributed by atoms with E-state index in [1.165, 1.54) is 19.1 Å². The molecule has 198 valence electrons. The van der Waals surface area contributed by atoms with Crippen molar-refractivity contribution in [1.29, 1.82) is 0 Å². The highest BCUT2D eigenvalue weighted by Gasteiger charge is 2.60. The first-order chi connectivity index (χ1) is 16.8. The van der Waals surface area contributed by atoms with E-state index >= 15 is 0 Å². The molecule has 12 nitrogen and oxygen atoms in total. The largest absolute Gasteiger partial charge is 0.462 e. The fourth-order valence-corrected chi connectivity index (χ4v) is 4.73. The number of H-pyrrole nitrogens is 1. The molecule has 0 bridgehead atoms. The number of nitrogens with zero attached hydrogens (tertiary/aromatic N) is 1. The second-order valence-corrected chi connectivity index (χ2v) is 9.89. The van der Waals surface area contributed by atoms with E-state index in [2.05, 4.69) is 5.09 Å². The van der Waals surface area contributed by atoms with Crippen LogP contribution in [0.5, 0.6) is 5.75 Å². The van der Waals surface area contributed by atoms with E-state index in [9.17, 15) is 32.8 Å². The van der Waals surface area contributed by atoms with Crippen molar-refractivity contribution in [3.63, 3.8) is 0 Å². The van der Waals surface area contributed by atoms with Crippen LogP contribution >= 0.6 is 7.75 Å². The number of alkyl halides is 2. The number of aromatic amines is 1. The van der Waals surface area contributed by atoms with Gasteiger partial charge in [-0.2, -0.15) is 13.9 Å². The summed E-state index contributed by atoms with van der Waals surface area (Å²) in [5, 5.41) is 12.6. The van der Waals surface area contributed by atoms with Crippen molar-refractivity contribution in [1.82, 2.24) is 14.6 Å². The Labute approximate surface area is 203 Å². The van der Waals surface area contributed by atoms with E-state index in [1.54, 1.807) is 32.0 Å². The van der Waals surface area contributed by atoms with E-state index in [-0.39, 0.29) is 5.75 Å². The van der Waals surface area contributed by atoms with Crippen LogP contribution in [0.4, 0.5) is 8.78 Å². The van der Waals surface area contributed by atoms with Gasteiger partial charge >= 0.3 is 25.3 Å². The lowest BCUT2D eigenvalue weighted by Crippen LogP contribution is -2.43. The van der Waals surface area contributed by atoms with Gasteiger partial charge in [-0.1, -0.05) is 18.2 Å². The fourth-order valence-electron chi connectivity index (χ4n) is 3.22. The third-order valence-corrected chi connectivity index (χ3v) is 6.56. The number of hydrogen-bond acceptors (Lipinski definition) is 9. The Morgan fingerprint density at radius 1 is 1.25 bits per heavy atom. The SMILES string of the molecule is CC(C)OC(=O)[C@H](C)NP(=O)(OCC1O[C@@H](n2ccc(=O)[nH]c2=O)C(F)(F)[C@@H]1O)Oc1ccccc1. The van der Waals surface area contributed by atoms with Crippen molar-refractivity contribution in [2.75, 3.05) is 6.61 Å². The molecular formula is C21H26F2N3O9P. The molecule has 2 heterocycles. The van der Waals surface area contributed by atoms with E-state index in [0.717, 1.165) is 12.3 Å². The van der Waals surface area contributed by atoms with Crippen LogP contribution in [0.2, 0.25) is 0 Å². The Morgan fingerprint density at radius 2 is 1.92 bits per heavy atom. The van der Waals surface area contributed by atoms with Gasteiger partial charge < -0.3 is 19.1 Å². The summed E-state index contributed by atoms with van der Waals surface area (Å²) >= 11 is 0. The molecular weight excluding hydrogens is 507 g/mol. The molecule has 3 rings (SSSR count). The molecule has 1 aromatic carbocycles. The molecule has 0 saturated carbocycles. The van der Waals surface area contributed by atoms with Crippen LogP contribution in [0.1, 0.15) is 27.0 Å². The molecule has 15 heteroatoms. The molecule has 0 amide bonds. The van der Waals surface area contributed by atoms with Crippen molar-refractivity contribution in [3.8, 4) is 5.75 Å². The van der Waals surface area contributed by atoms with E-state index in [1.807, 2.05) is 4.98 Å². The number of rotatable bonds is 10. The van der Waals surface area contributed by atoms with Crippen LogP contribution in [-0.2, 0) is 23.4 Å². The lowest BCUT2D eigenvalue weighted by molar-refractivity contribution is -0.149. The van der Waals surface area contributed by atoms with E-state index in [4.69, 9.17) is 18.5 Å². The summed E-state index contributed by atoms with van der Waals surface area (Å²) in [4.78, 5) is 37.2. The van der Waals surface area contributed by atoms with Gasteiger partial charge in [-0.15, -0.1) is 0 Å². The maximum absolute atomic E-state index is 14.8. The molecule has 0 radical (unpaired) electrons. The zero-order chi connectivity index (χ0) is 26.7. The number of para-hydroxylation sites is 1. The Kier molecular flexibility index (Phi) is 8.47. The van der Waals surface area contributed by atoms with Gasteiger partial charge in [-0.05, 0) is 32.9 Å². The van der Waals surface area contributed by atoms with Gasteiger partial charge in [0.2, 0.25) is 6.23 Å². The quantitative estimate of drug-likeness (QED) is 0.302. The molecule has 1 aromatic heterocycles. The molecule has 2 aromatic rings. The third-order valence-electron chi connectivity index (χ3n) is 4.92. The summed E-state index contributed by atoms with van der Waals surface area (Å²) in [5.74, 6) is -4.68. The number of ether oxygens (including phenoxy) is 2. The highest BCUT2D eigenvalue weighted by atomic mass is 31.2. The van der Waals surface area contributed by atoms with E-state index in [0.29, 0.717) is 4.57 Å². The van der Waals surface area contributed by atoms with Crippen molar-refractivity contribution >= 4 is 13.7 Å². The van der Waals surface area contributed by atoms with Gasteiger partial charge in [-0.3, -0.25) is 23.7 Å². The summed E-state index contributed by atoms with van der Waals surface area (Å²) in [6.07, 6.45) is -6.20. The van der Waals surface area contributed by atoms with Gasteiger partial charge in [0, 0.05) is 12.3 Å². The number of carbonyl (C=O) groups excluding carboxylic acids is 1. The van der Waals surface area contributed by atoms with Gasteiger partial charge in [0.05, 0.1) is 12.7 Å². The summed E-state index contributed by atoms with van der Waals surface area (Å²) in [7, 11) is -4.43. The molecule has 1 fully saturated rings. The highest BCUT2D eigenvalue weighted by Crippen LogP contribution is 2.47. The van der Waals surface area contributed by atoms with Gasteiger partial charge in [0.25, 0.3) is 5.56 Å². The summed E-state index contributed by atoms with van der Waals surface area (Å²) < 4.78 is 64.3. The first-order valence-electron chi connectivity index (χ1n) is 10.8.